The van der Waals surface area contributed by atoms with Gasteiger partial charge >= 0.3 is 0 Å². The molecule has 128 valence electrons. The van der Waals surface area contributed by atoms with Crippen LogP contribution >= 0.6 is 22.9 Å². The third kappa shape index (κ3) is 4.03. The summed E-state index contributed by atoms with van der Waals surface area (Å²) in [5, 5.41) is 4.76. The molecule has 2 heterocycles. The molecule has 3 rings (SSSR count). The monoisotopic (exact) mass is 373 g/mol. The van der Waals surface area contributed by atoms with E-state index in [2.05, 4.69) is 15.3 Å². The largest absolute Gasteiger partial charge is 0.365 e. The highest BCUT2D eigenvalue weighted by Crippen LogP contribution is 2.37. The Morgan fingerprint density at radius 3 is 2.76 bits per heavy atom. The Balaban J connectivity index is 1.92. The van der Waals surface area contributed by atoms with Gasteiger partial charge < -0.3 is 5.32 Å². The fourth-order valence-electron chi connectivity index (χ4n) is 2.44. The summed E-state index contributed by atoms with van der Waals surface area (Å²) < 4.78 is 0. The van der Waals surface area contributed by atoms with Crippen molar-refractivity contribution in [2.24, 2.45) is 0 Å². The molecule has 0 unspecified atom stereocenters. The van der Waals surface area contributed by atoms with Crippen molar-refractivity contribution in [2.75, 3.05) is 5.32 Å². The third-order valence-corrected chi connectivity index (χ3v) is 5.31. The van der Waals surface area contributed by atoms with Crippen molar-refractivity contribution in [2.45, 2.75) is 26.3 Å². The van der Waals surface area contributed by atoms with E-state index < -0.39 is 5.78 Å². The molecule has 2 aromatic heterocycles. The van der Waals surface area contributed by atoms with Gasteiger partial charge in [0.05, 0.1) is 10.4 Å². The number of thiophene rings is 1. The first-order valence-electron chi connectivity index (χ1n) is 7.80. The number of anilines is 1. The molecule has 0 saturated carbocycles. The van der Waals surface area contributed by atoms with Gasteiger partial charge in [-0.15, -0.1) is 11.3 Å². The maximum Gasteiger partial charge on any atom is 0.195 e. The van der Waals surface area contributed by atoms with E-state index >= 15 is 0 Å². The number of halogens is 1. The molecule has 5 nitrogen and oxygen atoms in total. The average molecular weight is 374 g/mol. The topological polar surface area (TPSA) is 72.0 Å². The van der Waals surface area contributed by atoms with Crippen LogP contribution < -0.4 is 5.32 Å². The Morgan fingerprint density at radius 2 is 2.04 bits per heavy atom. The highest BCUT2D eigenvalue weighted by molar-refractivity contribution is 7.19. The number of aryl methyl sites for hydroxylation is 2. The van der Waals surface area contributed by atoms with Crippen LogP contribution in [0.2, 0.25) is 5.02 Å². The normalized spacial score (nSPS) is 10.8. The highest BCUT2D eigenvalue weighted by Gasteiger charge is 2.16. The zero-order valence-corrected chi connectivity index (χ0v) is 15.2. The second kappa shape index (κ2) is 7.72. The molecule has 0 amide bonds. The Hall–Kier alpha value is -2.31. The smallest absolute Gasteiger partial charge is 0.195 e. The van der Waals surface area contributed by atoms with Crippen molar-refractivity contribution in [3.63, 3.8) is 0 Å². The molecular weight excluding hydrogens is 358 g/mol. The number of aldehydes is 1. The van der Waals surface area contributed by atoms with Gasteiger partial charge in [0.2, 0.25) is 0 Å². The minimum Gasteiger partial charge on any atom is -0.365 e. The van der Waals surface area contributed by atoms with Gasteiger partial charge in [-0.25, -0.2) is 9.97 Å². The number of rotatable bonds is 7. The van der Waals surface area contributed by atoms with Crippen LogP contribution in [0.5, 0.6) is 0 Å². The van der Waals surface area contributed by atoms with E-state index in [0.29, 0.717) is 35.9 Å². The maximum atomic E-state index is 11.2. The number of hydrogen-bond acceptors (Lipinski definition) is 6. The second-order valence-corrected chi connectivity index (χ2v) is 7.15. The third-order valence-electron chi connectivity index (χ3n) is 3.73. The lowest BCUT2D eigenvalue weighted by atomic mass is 10.2. The van der Waals surface area contributed by atoms with E-state index in [1.54, 1.807) is 0 Å². The van der Waals surface area contributed by atoms with Crippen LogP contribution in [-0.2, 0) is 22.6 Å². The number of carbonyl (C=O) groups excluding carboxylic acids is 2. The Kier molecular flexibility index (Phi) is 5.40. The fourth-order valence-corrected chi connectivity index (χ4v) is 3.72. The molecule has 0 aliphatic carbocycles. The molecule has 0 spiro atoms. The fraction of sp³-hybridized carbons (Fsp3) is 0.222. The maximum absolute atomic E-state index is 11.2. The SMILES string of the molecule is Cc1sc2nc(CCC(=O)C=O)nc(NCc3ccccc3)c2c1Cl. The zero-order chi connectivity index (χ0) is 17.8. The van der Waals surface area contributed by atoms with E-state index in [-0.39, 0.29) is 6.42 Å². The van der Waals surface area contributed by atoms with Crippen LogP contribution in [0.1, 0.15) is 22.7 Å². The van der Waals surface area contributed by atoms with Crippen LogP contribution in [0.15, 0.2) is 30.3 Å². The predicted molar refractivity (Wildman–Crippen MR) is 100 cm³/mol. The summed E-state index contributed by atoms with van der Waals surface area (Å²) >= 11 is 7.91. The molecule has 0 bridgehead atoms. The molecule has 0 atom stereocenters. The van der Waals surface area contributed by atoms with Crippen molar-refractivity contribution >= 4 is 51.0 Å². The predicted octanol–water partition coefficient (Wildman–Crippen LogP) is 3.97. The Labute approximate surface area is 154 Å². The molecule has 7 heteroatoms. The van der Waals surface area contributed by atoms with E-state index in [9.17, 15) is 9.59 Å². The molecule has 0 aliphatic heterocycles. The first kappa shape index (κ1) is 17.5. The van der Waals surface area contributed by atoms with E-state index in [4.69, 9.17) is 11.6 Å². The first-order chi connectivity index (χ1) is 12.1. The van der Waals surface area contributed by atoms with Crippen molar-refractivity contribution in [3.8, 4) is 0 Å². The van der Waals surface area contributed by atoms with Crippen LogP contribution in [0.3, 0.4) is 0 Å². The molecule has 0 aliphatic rings. The molecule has 0 radical (unpaired) electrons. The second-order valence-electron chi connectivity index (χ2n) is 5.56. The van der Waals surface area contributed by atoms with E-state index in [1.165, 1.54) is 11.3 Å². The quantitative estimate of drug-likeness (QED) is 0.501. The summed E-state index contributed by atoms with van der Waals surface area (Å²) in [7, 11) is 0. The number of Topliss-reactive ketones (excluding diaryl/α,β-unsaturated/α-hetero) is 1. The lowest BCUT2D eigenvalue weighted by molar-refractivity contribution is -0.129. The molecule has 25 heavy (non-hydrogen) atoms. The van der Waals surface area contributed by atoms with Gasteiger partial charge in [0.1, 0.15) is 16.5 Å². The lowest BCUT2D eigenvalue weighted by Gasteiger charge is -2.09. The molecule has 3 aromatic rings. The number of aromatic nitrogens is 2. The van der Waals surface area contributed by atoms with Gasteiger partial charge in [-0.3, -0.25) is 9.59 Å². The zero-order valence-electron chi connectivity index (χ0n) is 13.6. The van der Waals surface area contributed by atoms with Crippen LogP contribution in [0.25, 0.3) is 10.2 Å². The van der Waals surface area contributed by atoms with Gasteiger partial charge in [0.15, 0.2) is 12.1 Å². The van der Waals surface area contributed by atoms with Crippen molar-refractivity contribution in [1.82, 2.24) is 9.97 Å². The molecular formula is C18H16ClN3O2S. The van der Waals surface area contributed by atoms with E-state index in [0.717, 1.165) is 20.7 Å². The molecule has 0 saturated heterocycles. The van der Waals surface area contributed by atoms with Gasteiger partial charge in [0.25, 0.3) is 0 Å². The first-order valence-corrected chi connectivity index (χ1v) is 8.99. The number of benzene rings is 1. The van der Waals surface area contributed by atoms with Gasteiger partial charge in [-0.2, -0.15) is 0 Å². The number of ketones is 1. The van der Waals surface area contributed by atoms with Crippen LogP contribution in [0.4, 0.5) is 5.82 Å². The number of carbonyl (C=O) groups is 2. The minimum absolute atomic E-state index is 0.102. The van der Waals surface area contributed by atoms with Crippen molar-refractivity contribution in [3.05, 3.63) is 51.6 Å². The minimum atomic E-state index is -0.456. The van der Waals surface area contributed by atoms with Crippen LogP contribution in [0, 0.1) is 6.92 Å². The summed E-state index contributed by atoms with van der Waals surface area (Å²) in [5.41, 5.74) is 1.12. The average Bonchev–Trinajstić information content (AvgIpc) is 2.92. The summed E-state index contributed by atoms with van der Waals surface area (Å²) in [4.78, 5) is 32.5. The lowest BCUT2D eigenvalue weighted by Crippen LogP contribution is -2.07. The van der Waals surface area contributed by atoms with Gasteiger partial charge in [-0.05, 0) is 12.5 Å². The number of hydrogen-bond donors (Lipinski definition) is 1. The number of nitrogens with zero attached hydrogens (tertiary/aromatic N) is 2. The Bertz CT molecular complexity index is 925. The van der Waals surface area contributed by atoms with Gasteiger partial charge in [-0.1, -0.05) is 41.9 Å². The van der Waals surface area contributed by atoms with E-state index in [1.807, 2.05) is 37.3 Å². The summed E-state index contributed by atoms with van der Waals surface area (Å²) in [6.45, 7) is 2.54. The molecule has 1 aromatic carbocycles. The Morgan fingerprint density at radius 1 is 1.28 bits per heavy atom. The summed E-state index contributed by atoms with van der Waals surface area (Å²) in [5.74, 6) is 0.718. The van der Waals surface area contributed by atoms with Crippen molar-refractivity contribution in [1.29, 1.82) is 0 Å². The molecule has 0 fully saturated rings. The van der Waals surface area contributed by atoms with Crippen molar-refractivity contribution < 1.29 is 9.59 Å². The van der Waals surface area contributed by atoms with Crippen LogP contribution in [-0.4, -0.2) is 22.0 Å². The standard InChI is InChI=1S/C18H16ClN3O2S/c1-11-16(19)15-17(20-9-12-5-3-2-4-6-12)21-14(22-18(15)25-11)8-7-13(24)10-23/h2-6,10H,7-9H2,1H3,(H,20,21,22). The summed E-state index contributed by atoms with van der Waals surface area (Å²) in [6.07, 6.45) is 0.757. The molecule has 1 N–H and O–H groups in total. The number of nitrogens with one attached hydrogen (secondary N) is 1. The number of fused-ring (bicyclic) bond motifs is 1. The summed E-state index contributed by atoms with van der Waals surface area (Å²) in [6, 6.07) is 9.97. The highest BCUT2D eigenvalue weighted by atomic mass is 35.5. The van der Waals surface area contributed by atoms with Gasteiger partial charge in [0, 0.05) is 24.3 Å².